The van der Waals surface area contributed by atoms with Crippen LogP contribution >= 0.6 is 0 Å². The van der Waals surface area contributed by atoms with Gasteiger partial charge < -0.3 is 5.32 Å². The Morgan fingerprint density at radius 2 is 1.94 bits per heavy atom. The van der Waals surface area contributed by atoms with Gasteiger partial charge in [-0.15, -0.1) is 0 Å². The molecule has 0 aromatic heterocycles. The van der Waals surface area contributed by atoms with Crippen molar-refractivity contribution in [2.24, 2.45) is 0 Å². The molecule has 1 N–H and O–H groups in total. The Bertz CT molecular complexity index is 342. The van der Waals surface area contributed by atoms with Crippen LogP contribution in [0.5, 0.6) is 0 Å². The molecule has 3 nitrogen and oxygen atoms in total. The summed E-state index contributed by atoms with van der Waals surface area (Å²) in [6, 6.07) is 0.858. The first kappa shape index (κ1) is 14.7. The van der Waals surface area contributed by atoms with E-state index < -0.39 is 9.84 Å². The van der Waals surface area contributed by atoms with Gasteiger partial charge in [0.25, 0.3) is 0 Å². The van der Waals surface area contributed by atoms with Gasteiger partial charge in [-0.2, -0.15) is 0 Å². The number of allylic oxidation sites excluding steroid dienone is 2. The fraction of sp³-hybridized carbons (Fsp3) is 0.846. The molecule has 0 bridgehead atoms. The summed E-state index contributed by atoms with van der Waals surface area (Å²) in [6.45, 7) is 6.41. The maximum absolute atomic E-state index is 11.3. The van der Waals surface area contributed by atoms with Crippen molar-refractivity contribution in [2.45, 2.75) is 58.5 Å². The highest BCUT2D eigenvalue weighted by molar-refractivity contribution is 7.91. The van der Waals surface area contributed by atoms with E-state index in [4.69, 9.17) is 0 Å². The second-order valence-corrected chi connectivity index (χ2v) is 7.66. The summed E-state index contributed by atoms with van der Waals surface area (Å²) in [5.74, 6) is 0.705. The normalized spacial score (nSPS) is 22.1. The first-order valence-corrected chi connectivity index (χ1v) is 8.31. The van der Waals surface area contributed by atoms with Gasteiger partial charge in [0, 0.05) is 12.1 Å². The van der Waals surface area contributed by atoms with Crippen molar-refractivity contribution in [2.75, 3.05) is 11.5 Å². The lowest BCUT2D eigenvalue weighted by Gasteiger charge is -2.26. The number of rotatable bonds is 5. The Balaban J connectivity index is 2.23. The third-order valence-electron chi connectivity index (χ3n) is 3.23. The monoisotopic (exact) mass is 259 g/mol. The molecule has 1 saturated heterocycles. The highest BCUT2D eigenvalue weighted by Gasteiger charge is 2.23. The van der Waals surface area contributed by atoms with Crippen LogP contribution < -0.4 is 5.32 Å². The summed E-state index contributed by atoms with van der Waals surface area (Å²) < 4.78 is 22.6. The van der Waals surface area contributed by atoms with E-state index in [9.17, 15) is 8.42 Å². The molecule has 1 atom stereocenters. The standard InChI is InChI=1S/C13H25NO2S/c1-11(2)5-4-6-12(3)14-13-7-9-17(15,16)10-8-13/h5,12-14H,4,6-10H2,1-3H3. The highest BCUT2D eigenvalue weighted by Crippen LogP contribution is 2.13. The van der Waals surface area contributed by atoms with Crippen molar-refractivity contribution in [1.29, 1.82) is 0 Å². The predicted molar refractivity (Wildman–Crippen MR) is 72.9 cm³/mol. The van der Waals surface area contributed by atoms with Crippen LogP contribution in [0.2, 0.25) is 0 Å². The Labute approximate surface area is 106 Å². The summed E-state index contributed by atoms with van der Waals surface area (Å²) in [5, 5.41) is 3.54. The van der Waals surface area contributed by atoms with E-state index in [0.717, 1.165) is 25.7 Å². The van der Waals surface area contributed by atoms with Crippen LogP contribution in [0.1, 0.15) is 46.5 Å². The molecule has 0 amide bonds. The van der Waals surface area contributed by atoms with Gasteiger partial charge in [0.1, 0.15) is 9.84 Å². The Morgan fingerprint density at radius 3 is 2.47 bits per heavy atom. The number of hydrogen-bond donors (Lipinski definition) is 1. The molecule has 4 heteroatoms. The predicted octanol–water partition coefficient (Wildman–Crippen LogP) is 2.29. The van der Waals surface area contributed by atoms with Crippen molar-refractivity contribution >= 4 is 9.84 Å². The molecule has 1 fully saturated rings. The summed E-state index contributed by atoms with van der Waals surface area (Å²) in [5.41, 5.74) is 1.36. The van der Waals surface area contributed by atoms with Crippen molar-refractivity contribution in [3.63, 3.8) is 0 Å². The highest BCUT2D eigenvalue weighted by atomic mass is 32.2. The second-order valence-electron chi connectivity index (χ2n) is 5.35. The van der Waals surface area contributed by atoms with Gasteiger partial charge in [0.2, 0.25) is 0 Å². The van der Waals surface area contributed by atoms with E-state index in [1.807, 2.05) is 0 Å². The molecule has 17 heavy (non-hydrogen) atoms. The Morgan fingerprint density at radius 1 is 1.35 bits per heavy atom. The number of nitrogens with one attached hydrogen (secondary N) is 1. The minimum absolute atomic E-state index is 0.353. The molecular weight excluding hydrogens is 234 g/mol. The zero-order valence-corrected chi connectivity index (χ0v) is 12.0. The average Bonchev–Trinajstić information content (AvgIpc) is 2.21. The van der Waals surface area contributed by atoms with Crippen LogP contribution in [0.25, 0.3) is 0 Å². The lowest BCUT2D eigenvalue weighted by molar-refractivity contribution is 0.401. The van der Waals surface area contributed by atoms with Crippen LogP contribution in [0, 0.1) is 0 Å². The zero-order chi connectivity index (χ0) is 12.9. The van der Waals surface area contributed by atoms with Crippen LogP contribution in [0.4, 0.5) is 0 Å². The van der Waals surface area contributed by atoms with Gasteiger partial charge in [0.15, 0.2) is 0 Å². The van der Waals surface area contributed by atoms with Gasteiger partial charge >= 0.3 is 0 Å². The number of sulfone groups is 1. The fourth-order valence-electron chi connectivity index (χ4n) is 2.16. The van der Waals surface area contributed by atoms with Crippen LogP contribution in [-0.4, -0.2) is 32.0 Å². The van der Waals surface area contributed by atoms with E-state index in [2.05, 4.69) is 32.2 Å². The Hall–Kier alpha value is -0.350. The van der Waals surface area contributed by atoms with Crippen molar-refractivity contribution in [3.05, 3.63) is 11.6 Å². The lowest BCUT2D eigenvalue weighted by atomic mass is 10.1. The zero-order valence-electron chi connectivity index (χ0n) is 11.2. The van der Waals surface area contributed by atoms with Crippen LogP contribution in [0.3, 0.4) is 0 Å². The summed E-state index contributed by atoms with van der Waals surface area (Å²) in [4.78, 5) is 0. The lowest BCUT2D eigenvalue weighted by Crippen LogP contribution is -2.41. The SMILES string of the molecule is CC(C)=CCCC(C)NC1CCS(=O)(=O)CC1. The minimum Gasteiger partial charge on any atom is -0.311 e. The maximum atomic E-state index is 11.3. The van der Waals surface area contributed by atoms with Gasteiger partial charge in [-0.25, -0.2) is 8.42 Å². The topological polar surface area (TPSA) is 46.2 Å². The molecule has 0 aliphatic carbocycles. The van der Waals surface area contributed by atoms with E-state index in [-0.39, 0.29) is 0 Å². The molecule has 1 rings (SSSR count). The van der Waals surface area contributed by atoms with E-state index in [0.29, 0.717) is 23.6 Å². The molecule has 100 valence electrons. The molecular formula is C13H25NO2S. The van der Waals surface area contributed by atoms with Gasteiger partial charge in [-0.1, -0.05) is 11.6 Å². The second kappa shape index (κ2) is 6.55. The molecule has 0 radical (unpaired) electrons. The van der Waals surface area contributed by atoms with Gasteiger partial charge in [0.05, 0.1) is 11.5 Å². The first-order valence-electron chi connectivity index (χ1n) is 6.49. The van der Waals surface area contributed by atoms with Gasteiger partial charge in [-0.05, 0) is 46.5 Å². The fourth-order valence-corrected chi connectivity index (χ4v) is 3.66. The third-order valence-corrected chi connectivity index (χ3v) is 4.94. The van der Waals surface area contributed by atoms with Crippen LogP contribution in [0.15, 0.2) is 11.6 Å². The quantitative estimate of drug-likeness (QED) is 0.771. The molecule has 0 aromatic carbocycles. The van der Waals surface area contributed by atoms with Crippen LogP contribution in [-0.2, 0) is 9.84 Å². The summed E-state index contributed by atoms with van der Waals surface area (Å²) >= 11 is 0. The molecule has 1 unspecified atom stereocenters. The van der Waals surface area contributed by atoms with E-state index in [1.165, 1.54) is 5.57 Å². The first-order chi connectivity index (χ1) is 7.89. The molecule has 0 saturated carbocycles. The molecule has 0 aromatic rings. The average molecular weight is 259 g/mol. The molecule has 0 spiro atoms. The summed E-state index contributed by atoms with van der Waals surface area (Å²) in [7, 11) is -2.73. The number of hydrogen-bond acceptors (Lipinski definition) is 3. The smallest absolute Gasteiger partial charge is 0.150 e. The largest absolute Gasteiger partial charge is 0.311 e. The third kappa shape index (κ3) is 6.22. The molecule has 1 aliphatic heterocycles. The molecule has 1 aliphatic rings. The van der Waals surface area contributed by atoms with Crippen molar-refractivity contribution in [3.8, 4) is 0 Å². The maximum Gasteiger partial charge on any atom is 0.150 e. The summed E-state index contributed by atoms with van der Waals surface area (Å²) in [6.07, 6.45) is 6.02. The van der Waals surface area contributed by atoms with E-state index in [1.54, 1.807) is 0 Å². The van der Waals surface area contributed by atoms with Crippen molar-refractivity contribution < 1.29 is 8.42 Å². The minimum atomic E-state index is -2.73. The molecule has 1 heterocycles. The van der Waals surface area contributed by atoms with E-state index >= 15 is 0 Å². The Kier molecular flexibility index (Phi) is 5.67. The van der Waals surface area contributed by atoms with Crippen molar-refractivity contribution in [1.82, 2.24) is 5.32 Å². The van der Waals surface area contributed by atoms with Gasteiger partial charge in [-0.3, -0.25) is 0 Å².